The molecule has 7 nitrogen and oxygen atoms in total. The van der Waals surface area contributed by atoms with Gasteiger partial charge >= 0.3 is 17.9 Å². The summed E-state index contributed by atoms with van der Waals surface area (Å²) in [6.45, 7) is 8.85. The number of hydrogen-bond acceptors (Lipinski definition) is 7. The number of ketones is 1. The van der Waals surface area contributed by atoms with E-state index in [1.54, 1.807) is 60.7 Å². The number of hydrogen-bond donors (Lipinski definition) is 0. The third-order valence-electron chi connectivity index (χ3n) is 8.02. The summed E-state index contributed by atoms with van der Waals surface area (Å²) in [6.07, 6.45) is 8.74. The molecule has 0 aliphatic rings. The molecule has 0 fully saturated rings. The molecule has 0 radical (unpaired) electrons. The first-order valence-corrected chi connectivity index (χ1v) is 16.2. The second kappa shape index (κ2) is 18.5. The van der Waals surface area contributed by atoms with E-state index in [2.05, 4.69) is 27.7 Å². The first kappa shape index (κ1) is 35.2. The van der Waals surface area contributed by atoms with Gasteiger partial charge in [-0.3, -0.25) is 9.59 Å². The molecular weight excluding hydrogens is 568 g/mol. The molecule has 0 amide bonds. The van der Waals surface area contributed by atoms with Gasteiger partial charge in [-0.05, 0) is 85.3 Å². The fourth-order valence-corrected chi connectivity index (χ4v) is 4.95. The van der Waals surface area contributed by atoms with Crippen molar-refractivity contribution in [3.8, 4) is 11.5 Å². The van der Waals surface area contributed by atoms with Gasteiger partial charge in [-0.25, -0.2) is 9.59 Å². The fraction of sp³-hybridized carbons (Fsp3) is 0.421. The van der Waals surface area contributed by atoms with E-state index in [9.17, 15) is 19.2 Å². The molecule has 0 heterocycles. The van der Waals surface area contributed by atoms with Crippen LogP contribution in [0.25, 0.3) is 0 Å². The van der Waals surface area contributed by atoms with E-state index in [0.717, 1.165) is 51.4 Å². The van der Waals surface area contributed by atoms with E-state index in [4.69, 9.17) is 14.2 Å². The van der Waals surface area contributed by atoms with Crippen LogP contribution >= 0.6 is 0 Å². The zero-order valence-electron chi connectivity index (χ0n) is 27.0. The molecule has 2 atom stereocenters. The average Bonchev–Trinajstić information content (AvgIpc) is 3.07. The summed E-state index contributed by atoms with van der Waals surface area (Å²) >= 11 is 0. The molecule has 0 aliphatic heterocycles. The molecule has 0 saturated carbocycles. The maximum atomic E-state index is 13.0. The second-order valence-corrected chi connectivity index (χ2v) is 11.5. The van der Waals surface area contributed by atoms with Gasteiger partial charge in [-0.15, -0.1) is 0 Å². The van der Waals surface area contributed by atoms with Crippen LogP contribution in [0, 0.1) is 11.8 Å². The number of ether oxygens (including phenoxy) is 3. The van der Waals surface area contributed by atoms with Crippen LogP contribution in [0.1, 0.15) is 122 Å². The monoisotopic (exact) mass is 614 g/mol. The predicted molar refractivity (Wildman–Crippen MR) is 175 cm³/mol. The summed E-state index contributed by atoms with van der Waals surface area (Å²) < 4.78 is 16.4. The molecule has 0 aliphatic carbocycles. The van der Waals surface area contributed by atoms with Gasteiger partial charge in [0.25, 0.3) is 0 Å². The van der Waals surface area contributed by atoms with Crippen LogP contribution in [0.5, 0.6) is 11.5 Å². The Labute approximate surface area is 267 Å². The van der Waals surface area contributed by atoms with Gasteiger partial charge in [0.15, 0.2) is 5.78 Å². The molecular formula is C38H46O7. The van der Waals surface area contributed by atoms with Crippen LogP contribution in [-0.2, 0) is 9.53 Å². The summed E-state index contributed by atoms with van der Waals surface area (Å²) in [5.41, 5.74) is 1.51. The Morgan fingerprint density at radius 1 is 0.556 bits per heavy atom. The van der Waals surface area contributed by atoms with Crippen molar-refractivity contribution in [1.29, 1.82) is 0 Å². The van der Waals surface area contributed by atoms with Gasteiger partial charge in [0.1, 0.15) is 11.5 Å². The second-order valence-electron chi connectivity index (χ2n) is 11.5. The lowest BCUT2D eigenvalue weighted by molar-refractivity contribution is -0.135. The Kier molecular flexibility index (Phi) is 14.5. The van der Waals surface area contributed by atoms with E-state index in [-0.39, 0.29) is 23.1 Å². The largest absolute Gasteiger partial charge is 0.462 e. The number of unbranched alkanes of at least 4 members (excludes halogenated alkanes) is 2. The van der Waals surface area contributed by atoms with Crippen LogP contribution in [0.4, 0.5) is 0 Å². The minimum Gasteiger partial charge on any atom is -0.462 e. The highest BCUT2D eigenvalue weighted by molar-refractivity contribution is 6.09. The van der Waals surface area contributed by atoms with Crippen LogP contribution < -0.4 is 9.47 Å². The lowest BCUT2D eigenvalue weighted by Gasteiger charge is -2.14. The van der Waals surface area contributed by atoms with E-state index in [1.807, 2.05) is 0 Å². The van der Waals surface area contributed by atoms with Crippen molar-refractivity contribution >= 4 is 23.7 Å². The highest BCUT2D eigenvalue weighted by Gasteiger charge is 2.17. The molecule has 3 aromatic carbocycles. The van der Waals surface area contributed by atoms with Gasteiger partial charge < -0.3 is 14.2 Å². The normalized spacial score (nSPS) is 12.2. The first-order valence-electron chi connectivity index (χ1n) is 16.2. The van der Waals surface area contributed by atoms with E-state index in [1.165, 1.54) is 12.1 Å². The molecule has 0 saturated heterocycles. The smallest absolute Gasteiger partial charge is 0.343 e. The number of carbonyl (C=O) groups is 4. The van der Waals surface area contributed by atoms with Crippen molar-refractivity contribution in [2.24, 2.45) is 11.8 Å². The van der Waals surface area contributed by atoms with Crippen molar-refractivity contribution in [3.63, 3.8) is 0 Å². The molecule has 45 heavy (non-hydrogen) atoms. The minimum atomic E-state index is -0.586. The molecule has 3 rings (SSSR count). The minimum absolute atomic E-state index is 0.225. The van der Waals surface area contributed by atoms with Gasteiger partial charge in [-0.2, -0.15) is 0 Å². The van der Waals surface area contributed by atoms with Crippen LogP contribution in [0.3, 0.4) is 0 Å². The lowest BCUT2D eigenvalue weighted by atomic mass is 9.96. The third kappa shape index (κ3) is 11.3. The fourth-order valence-electron chi connectivity index (χ4n) is 4.95. The Morgan fingerprint density at radius 3 is 1.53 bits per heavy atom. The van der Waals surface area contributed by atoms with Crippen molar-refractivity contribution in [3.05, 3.63) is 95.1 Å². The highest BCUT2D eigenvalue weighted by Crippen LogP contribution is 2.21. The summed E-state index contributed by atoms with van der Waals surface area (Å²) in [6, 6.07) is 18.9. The topological polar surface area (TPSA) is 96.0 Å². The summed E-state index contributed by atoms with van der Waals surface area (Å²) in [7, 11) is 0. The number of esters is 3. The van der Waals surface area contributed by atoms with E-state index in [0.29, 0.717) is 47.3 Å². The SMILES string of the molecule is CCCCC(CC)COC(=O)c1ccc(OC(=O)c2ccc(C(=O)c3ccc(OC(=O)CC(CC)CCCC)cc3)cc2)cc1. The quantitative estimate of drug-likeness (QED) is 0.0801. The van der Waals surface area contributed by atoms with Crippen molar-refractivity contribution in [1.82, 2.24) is 0 Å². The van der Waals surface area contributed by atoms with Crippen LogP contribution in [0.2, 0.25) is 0 Å². The molecule has 240 valence electrons. The van der Waals surface area contributed by atoms with Crippen molar-refractivity contribution < 1.29 is 33.4 Å². The first-order chi connectivity index (χ1) is 21.8. The Morgan fingerprint density at radius 2 is 1.00 bits per heavy atom. The lowest BCUT2D eigenvalue weighted by Crippen LogP contribution is -2.14. The van der Waals surface area contributed by atoms with Crippen molar-refractivity contribution in [2.75, 3.05) is 6.61 Å². The van der Waals surface area contributed by atoms with Crippen molar-refractivity contribution in [2.45, 2.75) is 85.5 Å². The highest BCUT2D eigenvalue weighted by atomic mass is 16.5. The maximum absolute atomic E-state index is 13.0. The Hall–Kier alpha value is -4.26. The summed E-state index contributed by atoms with van der Waals surface area (Å²) in [5.74, 6) is -0.123. The average molecular weight is 615 g/mol. The maximum Gasteiger partial charge on any atom is 0.343 e. The summed E-state index contributed by atoms with van der Waals surface area (Å²) in [4.78, 5) is 50.5. The zero-order valence-corrected chi connectivity index (χ0v) is 27.0. The van der Waals surface area contributed by atoms with Gasteiger partial charge in [0.2, 0.25) is 0 Å². The molecule has 2 unspecified atom stereocenters. The molecule has 0 spiro atoms. The van der Waals surface area contributed by atoms with Gasteiger partial charge in [-0.1, -0.05) is 78.4 Å². The van der Waals surface area contributed by atoms with Crippen LogP contribution in [0.15, 0.2) is 72.8 Å². The predicted octanol–water partition coefficient (Wildman–Crippen LogP) is 9.02. The molecule has 0 bridgehead atoms. The standard InChI is InChI=1S/C38H46O7/c1-5-9-11-27(7-3)25-35(39)44-33-21-17-30(18-22-33)36(40)29-13-15-32(16-14-29)38(42)45-34-23-19-31(20-24-34)37(41)43-26-28(8-4)12-10-6-2/h13-24,27-28H,5-12,25-26H2,1-4H3. The number of rotatable bonds is 18. The van der Waals surface area contributed by atoms with Gasteiger partial charge in [0.05, 0.1) is 17.7 Å². The van der Waals surface area contributed by atoms with E-state index >= 15 is 0 Å². The Bertz CT molecular complexity index is 1380. The zero-order chi connectivity index (χ0) is 32.6. The third-order valence-corrected chi connectivity index (χ3v) is 8.02. The molecule has 3 aromatic rings. The van der Waals surface area contributed by atoms with Crippen LogP contribution in [-0.4, -0.2) is 30.3 Å². The Balaban J connectivity index is 1.51. The number of carbonyl (C=O) groups excluding carboxylic acids is 4. The van der Waals surface area contributed by atoms with Gasteiger partial charge in [0, 0.05) is 17.5 Å². The number of benzene rings is 3. The summed E-state index contributed by atoms with van der Waals surface area (Å²) in [5, 5.41) is 0. The van der Waals surface area contributed by atoms with E-state index < -0.39 is 11.9 Å². The molecule has 0 N–H and O–H groups in total. The molecule has 0 aromatic heterocycles. The molecule has 7 heteroatoms.